The fraction of sp³-hybridized carbons (Fsp3) is 0.273. The molecule has 0 heterocycles. The highest BCUT2D eigenvalue weighted by Gasteiger charge is 2.12. The molecule has 80 valence electrons. The highest BCUT2D eigenvalue weighted by molar-refractivity contribution is 5.93. The minimum absolute atomic E-state index is 0.0434. The molecule has 1 aromatic rings. The molecule has 0 unspecified atom stereocenters. The molecule has 0 radical (unpaired) electrons. The SMILES string of the molecule is COC(=O)c1ccccc1CC(=O)CO. The first kappa shape index (κ1) is 11.4. The number of carbonyl (C=O) groups is 2. The number of carbonyl (C=O) groups excluding carboxylic acids is 2. The highest BCUT2D eigenvalue weighted by Crippen LogP contribution is 2.11. The maximum absolute atomic E-state index is 11.3. The van der Waals surface area contributed by atoms with E-state index in [9.17, 15) is 9.59 Å². The Balaban J connectivity index is 2.96. The molecule has 0 atom stereocenters. The average Bonchev–Trinajstić information content (AvgIpc) is 2.28. The third kappa shape index (κ3) is 2.89. The Morgan fingerprint density at radius 2 is 2.00 bits per heavy atom. The van der Waals surface area contributed by atoms with Gasteiger partial charge in [0.15, 0.2) is 5.78 Å². The smallest absolute Gasteiger partial charge is 0.338 e. The van der Waals surface area contributed by atoms with Gasteiger partial charge in [-0.05, 0) is 11.6 Å². The van der Waals surface area contributed by atoms with E-state index in [0.29, 0.717) is 11.1 Å². The summed E-state index contributed by atoms with van der Waals surface area (Å²) in [7, 11) is 1.28. The summed E-state index contributed by atoms with van der Waals surface area (Å²) in [5.41, 5.74) is 0.935. The molecule has 0 saturated carbocycles. The molecule has 15 heavy (non-hydrogen) atoms. The van der Waals surface area contributed by atoms with Gasteiger partial charge in [-0.25, -0.2) is 4.79 Å². The van der Waals surface area contributed by atoms with Crippen LogP contribution >= 0.6 is 0 Å². The van der Waals surface area contributed by atoms with E-state index in [1.54, 1.807) is 24.3 Å². The summed E-state index contributed by atoms with van der Waals surface area (Å²) in [6.45, 7) is -0.518. The largest absolute Gasteiger partial charge is 0.465 e. The molecule has 4 nitrogen and oxygen atoms in total. The van der Waals surface area contributed by atoms with Crippen molar-refractivity contribution in [3.05, 3.63) is 35.4 Å². The summed E-state index contributed by atoms with van der Waals surface area (Å²) in [5.74, 6) is -0.803. The van der Waals surface area contributed by atoms with Gasteiger partial charge in [0.2, 0.25) is 0 Å². The van der Waals surface area contributed by atoms with Gasteiger partial charge in [0.05, 0.1) is 12.7 Å². The van der Waals surface area contributed by atoms with E-state index in [2.05, 4.69) is 4.74 Å². The van der Waals surface area contributed by atoms with Crippen molar-refractivity contribution in [2.24, 2.45) is 0 Å². The molecule has 0 saturated heterocycles. The maximum Gasteiger partial charge on any atom is 0.338 e. The zero-order valence-corrected chi connectivity index (χ0v) is 8.40. The predicted molar refractivity (Wildman–Crippen MR) is 53.6 cm³/mol. The first-order chi connectivity index (χ1) is 7.19. The van der Waals surface area contributed by atoms with Gasteiger partial charge in [-0.3, -0.25) is 4.79 Å². The van der Waals surface area contributed by atoms with Crippen molar-refractivity contribution >= 4 is 11.8 Å². The van der Waals surface area contributed by atoms with Crippen LogP contribution in [-0.2, 0) is 16.0 Å². The van der Waals surface area contributed by atoms with Gasteiger partial charge in [-0.15, -0.1) is 0 Å². The number of hydrogen-bond donors (Lipinski definition) is 1. The number of methoxy groups -OCH3 is 1. The van der Waals surface area contributed by atoms with E-state index in [4.69, 9.17) is 5.11 Å². The molecule has 4 heteroatoms. The molecule has 1 N–H and O–H groups in total. The van der Waals surface area contributed by atoms with E-state index in [0.717, 1.165) is 0 Å². The fourth-order valence-electron chi connectivity index (χ4n) is 1.25. The van der Waals surface area contributed by atoms with Crippen molar-refractivity contribution in [1.82, 2.24) is 0 Å². The Kier molecular flexibility index (Phi) is 4.00. The van der Waals surface area contributed by atoms with Crippen molar-refractivity contribution in [3.63, 3.8) is 0 Å². The van der Waals surface area contributed by atoms with Gasteiger partial charge in [0.1, 0.15) is 6.61 Å². The number of aliphatic hydroxyl groups is 1. The molecule has 0 aliphatic rings. The lowest BCUT2D eigenvalue weighted by Crippen LogP contribution is -2.12. The molecule has 1 aromatic carbocycles. The van der Waals surface area contributed by atoms with Crippen LogP contribution in [0, 0.1) is 0 Å². The van der Waals surface area contributed by atoms with Gasteiger partial charge >= 0.3 is 5.97 Å². The Morgan fingerprint density at radius 1 is 1.33 bits per heavy atom. The number of ketones is 1. The molecule has 0 bridgehead atoms. The molecule has 1 rings (SSSR count). The Hall–Kier alpha value is -1.68. The lowest BCUT2D eigenvalue weighted by molar-refractivity contribution is -0.121. The second-order valence-electron chi connectivity index (χ2n) is 3.02. The first-order valence-corrected chi connectivity index (χ1v) is 4.47. The number of hydrogen-bond acceptors (Lipinski definition) is 4. The van der Waals surface area contributed by atoms with Gasteiger partial charge < -0.3 is 9.84 Å². The van der Waals surface area contributed by atoms with Crippen LogP contribution in [0.2, 0.25) is 0 Å². The average molecular weight is 208 g/mol. The number of aliphatic hydroxyl groups excluding tert-OH is 1. The number of benzene rings is 1. The summed E-state index contributed by atoms with van der Waals surface area (Å²) in [6, 6.07) is 6.68. The molecule has 0 aliphatic carbocycles. The summed E-state index contributed by atoms with van der Waals surface area (Å²) in [5, 5.41) is 8.62. The van der Waals surface area contributed by atoms with Crippen molar-refractivity contribution < 1.29 is 19.4 Å². The monoisotopic (exact) mass is 208 g/mol. The molecule has 0 aliphatic heterocycles. The van der Waals surface area contributed by atoms with Crippen molar-refractivity contribution in [2.75, 3.05) is 13.7 Å². The summed E-state index contributed by atoms with van der Waals surface area (Å²) in [6.07, 6.45) is 0.0434. The molecular formula is C11H12O4. The van der Waals surface area contributed by atoms with Crippen molar-refractivity contribution in [1.29, 1.82) is 0 Å². The van der Waals surface area contributed by atoms with Crippen LogP contribution in [0.4, 0.5) is 0 Å². The first-order valence-electron chi connectivity index (χ1n) is 4.47. The van der Waals surface area contributed by atoms with Crippen LogP contribution in [0.1, 0.15) is 15.9 Å². The van der Waals surface area contributed by atoms with E-state index < -0.39 is 12.6 Å². The quantitative estimate of drug-likeness (QED) is 0.735. The van der Waals surface area contributed by atoms with Crippen LogP contribution in [0.25, 0.3) is 0 Å². The normalized spacial score (nSPS) is 9.73. The molecular weight excluding hydrogens is 196 g/mol. The highest BCUT2D eigenvalue weighted by atomic mass is 16.5. The summed E-state index contributed by atoms with van der Waals surface area (Å²) in [4.78, 5) is 22.4. The lowest BCUT2D eigenvalue weighted by atomic mass is 10.0. The third-order valence-electron chi connectivity index (χ3n) is 1.99. The van der Waals surface area contributed by atoms with Crippen LogP contribution in [-0.4, -0.2) is 30.6 Å². The topological polar surface area (TPSA) is 63.6 Å². The summed E-state index contributed by atoms with van der Waals surface area (Å²) < 4.78 is 4.58. The molecule has 0 amide bonds. The van der Waals surface area contributed by atoms with Crippen LogP contribution < -0.4 is 0 Å². The van der Waals surface area contributed by atoms with Crippen LogP contribution in [0.15, 0.2) is 24.3 Å². The predicted octanol–water partition coefficient (Wildman–Crippen LogP) is 0.577. The van der Waals surface area contributed by atoms with Gasteiger partial charge in [0, 0.05) is 6.42 Å². The Bertz CT molecular complexity index is 371. The van der Waals surface area contributed by atoms with Crippen LogP contribution in [0.5, 0.6) is 0 Å². The maximum atomic E-state index is 11.3. The molecule has 0 aromatic heterocycles. The second-order valence-corrected chi connectivity index (χ2v) is 3.02. The number of ether oxygens (including phenoxy) is 1. The van der Waals surface area contributed by atoms with E-state index in [1.807, 2.05) is 0 Å². The van der Waals surface area contributed by atoms with Crippen LogP contribution in [0.3, 0.4) is 0 Å². The Labute approximate surface area is 87.5 Å². The zero-order valence-electron chi connectivity index (χ0n) is 8.40. The van der Waals surface area contributed by atoms with Crippen molar-refractivity contribution in [2.45, 2.75) is 6.42 Å². The van der Waals surface area contributed by atoms with E-state index in [1.165, 1.54) is 7.11 Å². The second kappa shape index (κ2) is 5.26. The minimum atomic E-state index is -0.518. The Morgan fingerprint density at radius 3 is 2.60 bits per heavy atom. The standard InChI is InChI=1S/C11H12O4/c1-15-11(14)10-5-3-2-4-8(10)6-9(13)7-12/h2-5,12H,6-7H2,1H3. The summed E-state index contributed by atoms with van der Waals surface area (Å²) >= 11 is 0. The van der Waals surface area contributed by atoms with Gasteiger partial charge in [-0.1, -0.05) is 18.2 Å². The van der Waals surface area contributed by atoms with Gasteiger partial charge in [0.25, 0.3) is 0 Å². The van der Waals surface area contributed by atoms with Crippen molar-refractivity contribution in [3.8, 4) is 0 Å². The van der Waals surface area contributed by atoms with Gasteiger partial charge in [-0.2, -0.15) is 0 Å². The lowest BCUT2D eigenvalue weighted by Gasteiger charge is -2.05. The molecule has 0 fully saturated rings. The van der Waals surface area contributed by atoms with E-state index >= 15 is 0 Å². The number of Topliss-reactive ketones (excluding diaryl/α,β-unsaturated/α-hetero) is 1. The fourth-order valence-corrected chi connectivity index (χ4v) is 1.25. The minimum Gasteiger partial charge on any atom is -0.465 e. The third-order valence-corrected chi connectivity index (χ3v) is 1.99. The zero-order chi connectivity index (χ0) is 11.3. The number of esters is 1. The van der Waals surface area contributed by atoms with E-state index in [-0.39, 0.29) is 12.2 Å². The number of rotatable bonds is 4. The molecule has 0 spiro atoms.